The van der Waals surface area contributed by atoms with Crippen molar-refractivity contribution < 1.29 is 5.11 Å². The molecule has 66 valence electrons. The maximum Gasteiger partial charge on any atom is 0.134 e. The second-order valence-corrected chi connectivity index (χ2v) is 3.27. The molecular weight excluding hydrogens is 162 g/mol. The molecule has 0 spiro atoms. The molecule has 0 fully saturated rings. The molecular formula is C11H11NO. The number of benzene rings is 1. The van der Waals surface area contributed by atoms with Crippen LogP contribution in [0.5, 0.6) is 5.75 Å². The van der Waals surface area contributed by atoms with E-state index in [0.717, 1.165) is 10.9 Å². The van der Waals surface area contributed by atoms with Crippen LogP contribution in [0.15, 0.2) is 24.4 Å². The van der Waals surface area contributed by atoms with Gasteiger partial charge < -0.3 is 5.11 Å². The second-order valence-electron chi connectivity index (χ2n) is 3.27. The van der Waals surface area contributed by atoms with Gasteiger partial charge in [-0.1, -0.05) is 12.1 Å². The largest absolute Gasteiger partial charge is 0.506 e. The van der Waals surface area contributed by atoms with E-state index in [9.17, 15) is 5.11 Å². The van der Waals surface area contributed by atoms with Crippen molar-refractivity contribution in [3.05, 3.63) is 35.5 Å². The Hall–Kier alpha value is -1.57. The minimum absolute atomic E-state index is 0.218. The average Bonchev–Trinajstić information content (AvgIpc) is 2.12. The number of aromatic nitrogens is 1. The summed E-state index contributed by atoms with van der Waals surface area (Å²) in [7, 11) is 0. The Bertz CT molecular complexity index is 463. The number of pyridine rings is 1. The van der Waals surface area contributed by atoms with Gasteiger partial charge in [-0.05, 0) is 31.0 Å². The van der Waals surface area contributed by atoms with Crippen LogP contribution < -0.4 is 0 Å². The first-order valence-corrected chi connectivity index (χ1v) is 4.23. The predicted molar refractivity (Wildman–Crippen MR) is 52.9 cm³/mol. The van der Waals surface area contributed by atoms with Crippen LogP contribution in [0.4, 0.5) is 0 Å². The van der Waals surface area contributed by atoms with Crippen LogP contribution in [0.2, 0.25) is 0 Å². The highest BCUT2D eigenvalue weighted by atomic mass is 16.3. The molecule has 0 amide bonds. The van der Waals surface area contributed by atoms with Gasteiger partial charge in [0.25, 0.3) is 0 Å². The van der Waals surface area contributed by atoms with Crippen LogP contribution >= 0.6 is 0 Å². The van der Waals surface area contributed by atoms with Gasteiger partial charge in [0.05, 0.1) is 11.7 Å². The lowest BCUT2D eigenvalue weighted by Crippen LogP contribution is -1.86. The SMILES string of the molecule is Cc1ccc2cc(O)cnc2c1C. The standard InChI is InChI=1S/C11H11NO/c1-7-3-4-9-5-10(13)6-12-11(9)8(7)2/h3-6,13H,1-2H3. The summed E-state index contributed by atoms with van der Waals surface area (Å²) >= 11 is 0. The fourth-order valence-corrected chi connectivity index (χ4v) is 1.44. The van der Waals surface area contributed by atoms with E-state index in [-0.39, 0.29) is 5.75 Å². The van der Waals surface area contributed by atoms with E-state index in [4.69, 9.17) is 0 Å². The van der Waals surface area contributed by atoms with Crippen molar-refractivity contribution in [1.29, 1.82) is 0 Å². The summed E-state index contributed by atoms with van der Waals surface area (Å²) < 4.78 is 0. The summed E-state index contributed by atoms with van der Waals surface area (Å²) in [6.45, 7) is 4.10. The van der Waals surface area contributed by atoms with E-state index in [1.807, 2.05) is 19.1 Å². The van der Waals surface area contributed by atoms with Gasteiger partial charge in [-0.15, -0.1) is 0 Å². The first kappa shape index (κ1) is 8.05. The predicted octanol–water partition coefficient (Wildman–Crippen LogP) is 2.56. The molecule has 1 N–H and O–H groups in total. The van der Waals surface area contributed by atoms with Crippen LogP contribution in [0.3, 0.4) is 0 Å². The summed E-state index contributed by atoms with van der Waals surface area (Å²) in [4.78, 5) is 4.19. The van der Waals surface area contributed by atoms with Crippen molar-refractivity contribution in [3.8, 4) is 5.75 Å². The molecule has 2 aromatic rings. The first-order chi connectivity index (χ1) is 6.18. The highest BCUT2D eigenvalue weighted by Crippen LogP contribution is 2.22. The lowest BCUT2D eigenvalue weighted by atomic mass is 10.1. The van der Waals surface area contributed by atoms with E-state index in [1.54, 1.807) is 6.07 Å². The van der Waals surface area contributed by atoms with Crippen molar-refractivity contribution in [2.24, 2.45) is 0 Å². The van der Waals surface area contributed by atoms with Crippen LogP contribution in [-0.4, -0.2) is 10.1 Å². The molecule has 0 atom stereocenters. The Morgan fingerprint density at radius 3 is 2.77 bits per heavy atom. The molecule has 0 aliphatic rings. The molecule has 0 saturated carbocycles. The van der Waals surface area contributed by atoms with Crippen molar-refractivity contribution in [1.82, 2.24) is 4.98 Å². The quantitative estimate of drug-likeness (QED) is 0.664. The zero-order valence-corrected chi connectivity index (χ0v) is 7.70. The summed E-state index contributed by atoms with van der Waals surface area (Å²) in [5.41, 5.74) is 3.38. The number of hydrogen-bond acceptors (Lipinski definition) is 2. The van der Waals surface area contributed by atoms with Crippen molar-refractivity contribution in [3.63, 3.8) is 0 Å². The molecule has 0 aliphatic heterocycles. The minimum Gasteiger partial charge on any atom is -0.506 e. The van der Waals surface area contributed by atoms with Gasteiger partial charge in [0.2, 0.25) is 0 Å². The van der Waals surface area contributed by atoms with Gasteiger partial charge in [-0.2, -0.15) is 0 Å². The Morgan fingerprint density at radius 1 is 1.23 bits per heavy atom. The molecule has 1 aromatic heterocycles. The van der Waals surface area contributed by atoms with E-state index >= 15 is 0 Å². The molecule has 2 nitrogen and oxygen atoms in total. The van der Waals surface area contributed by atoms with E-state index in [2.05, 4.69) is 11.9 Å². The summed E-state index contributed by atoms with van der Waals surface area (Å²) in [5, 5.41) is 10.2. The Morgan fingerprint density at radius 2 is 2.00 bits per heavy atom. The highest BCUT2D eigenvalue weighted by Gasteiger charge is 2.01. The molecule has 13 heavy (non-hydrogen) atoms. The molecule has 0 saturated heterocycles. The van der Waals surface area contributed by atoms with Crippen LogP contribution in [0.25, 0.3) is 10.9 Å². The van der Waals surface area contributed by atoms with Gasteiger partial charge in [0.15, 0.2) is 0 Å². The molecule has 0 bridgehead atoms. The third kappa shape index (κ3) is 1.24. The van der Waals surface area contributed by atoms with Gasteiger partial charge in [-0.25, -0.2) is 0 Å². The molecule has 0 aliphatic carbocycles. The third-order valence-corrected chi connectivity index (χ3v) is 2.36. The number of hydrogen-bond donors (Lipinski definition) is 1. The first-order valence-electron chi connectivity index (χ1n) is 4.23. The van der Waals surface area contributed by atoms with Gasteiger partial charge in [-0.3, -0.25) is 4.98 Å². The number of aromatic hydroxyl groups is 1. The van der Waals surface area contributed by atoms with Gasteiger partial charge in [0, 0.05) is 5.39 Å². The lowest BCUT2D eigenvalue weighted by molar-refractivity contribution is 0.474. The summed E-state index contributed by atoms with van der Waals surface area (Å²) in [6.07, 6.45) is 1.48. The molecule has 1 aromatic carbocycles. The van der Waals surface area contributed by atoms with Crippen LogP contribution in [-0.2, 0) is 0 Å². The van der Waals surface area contributed by atoms with E-state index < -0.39 is 0 Å². The third-order valence-electron chi connectivity index (χ3n) is 2.36. The Labute approximate surface area is 76.9 Å². The average molecular weight is 173 g/mol. The molecule has 0 radical (unpaired) electrons. The zero-order valence-electron chi connectivity index (χ0n) is 7.70. The molecule has 0 unspecified atom stereocenters. The van der Waals surface area contributed by atoms with Crippen molar-refractivity contribution in [2.75, 3.05) is 0 Å². The maximum atomic E-state index is 9.23. The fourth-order valence-electron chi connectivity index (χ4n) is 1.44. The highest BCUT2D eigenvalue weighted by molar-refractivity contribution is 5.83. The molecule has 2 heteroatoms. The number of fused-ring (bicyclic) bond motifs is 1. The summed E-state index contributed by atoms with van der Waals surface area (Å²) in [5.74, 6) is 0.218. The number of aryl methyl sites for hydroxylation is 2. The van der Waals surface area contributed by atoms with E-state index in [0.29, 0.717) is 0 Å². The summed E-state index contributed by atoms with van der Waals surface area (Å²) in [6, 6.07) is 5.75. The van der Waals surface area contributed by atoms with Gasteiger partial charge in [0.1, 0.15) is 5.75 Å². The number of nitrogens with zero attached hydrogens (tertiary/aromatic N) is 1. The second kappa shape index (κ2) is 2.73. The van der Waals surface area contributed by atoms with Crippen molar-refractivity contribution >= 4 is 10.9 Å². The molecule has 2 rings (SSSR count). The minimum atomic E-state index is 0.218. The fraction of sp³-hybridized carbons (Fsp3) is 0.182. The lowest BCUT2D eigenvalue weighted by Gasteiger charge is -2.04. The van der Waals surface area contributed by atoms with E-state index in [1.165, 1.54) is 17.3 Å². The smallest absolute Gasteiger partial charge is 0.134 e. The van der Waals surface area contributed by atoms with Gasteiger partial charge >= 0.3 is 0 Å². The zero-order chi connectivity index (χ0) is 9.42. The van der Waals surface area contributed by atoms with Crippen molar-refractivity contribution in [2.45, 2.75) is 13.8 Å². The van der Waals surface area contributed by atoms with Crippen LogP contribution in [0, 0.1) is 13.8 Å². The monoisotopic (exact) mass is 173 g/mol. The van der Waals surface area contributed by atoms with Crippen LogP contribution in [0.1, 0.15) is 11.1 Å². The normalized spacial score (nSPS) is 10.6. The maximum absolute atomic E-state index is 9.23. The topological polar surface area (TPSA) is 33.1 Å². The Balaban J connectivity index is 2.87. The number of rotatable bonds is 0. The molecule has 1 heterocycles. The Kier molecular flexibility index (Phi) is 1.69.